The number of nitrogens with one attached hydrogen (secondary N) is 1. The van der Waals surface area contributed by atoms with Gasteiger partial charge in [0.15, 0.2) is 0 Å². The molecule has 22 heavy (non-hydrogen) atoms. The molecular formula is C14H15N5O3. The Kier molecular flexibility index (Phi) is 4.31. The van der Waals surface area contributed by atoms with Crippen LogP contribution in [0.2, 0.25) is 0 Å². The molecule has 0 spiro atoms. The summed E-state index contributed by atoms with van der Waals surface area (Å²) in [6, 6.07) is 4.16. The molecule has 1 amide bonds. The minimum Gasteiger partial charge on any atom is -0.275 e. The topological polar surface area (TPSA) is 102 Å². The van der Waals surface area contributed by atoms with Crippen LogP contribution in [-0.4, -0.2) is 26.8 Å². The number of hydrazone groups is 1. The third kappa shape index (κ3) is 3.35. The first-order valence-corrected chi connectivity index (χ1v) is 6.47. The van der Waals surface area contributed by atoms with Gasteiger partial charge in [-0.2, -0.15) is 10.2 Å². The molecule has 1 N–H and O–H groups in total. The number of aryl methyl sites for hydroxylation is 3. The van der Waals surface area contributed by atoms with Crippen molar-refractivity contribution in [1.29, 1.82) is 0 Å². The zero-order chi connectivity index (χ0) is 16.3. The average molecular weight is 301 g/mol. The molecule has 0 bridgehead atoms. The first-order chi connectivity index (χ1) is 10.4. The number of nitrogens with zero attached hydrogens (tertiary/aromatic N) is 4. The lowest BCUT2D eigenvalue weighted by Crippen LogP contribution is -2.17. The van der Waals surface area contributed by atoms with E-state index in [4.69, 9.17) is 0 Å². The van der Waals surface area contributed by atoms with E-state index in [1.165, 1.54) is 24.4 Å². The number of hydrogen-bond donors (Lipinski definition) is 1. The first kappa shape index (κ1) is 15.4. The van der Waals surface area contributed by atoms with Gasteiger partial charge in [-0.1, -0.05) is 0 Å². The van der Waals surface area contributed by atoms with Gasteiger partial charge in [0.25, 0.3) is 11.6 Å². The van der Waals surface area contributed by atoms with E-state index in [0.29, 0.717) is 11.1 Å². The van der Waals surface area contributed by atoms with E-state index >= 15 is 0 Å². The Bertz CT molecular complexity index is 764. The van der Waals surface area contributed by atoms with E-state index in [9.17, 15) is 14.9 Å². The molecule has 0 aliphatic rings. The first-order valence-electron chi connectivity index (χ1n) is 6.47. The lowest BCUT2D eigenvalue weighted by Gasteiger charge is -2.02. The van der Waals surface area contributed by atoms with Crippen molar-refractivity contribution in [2.45, 2.75) is 13.8 Å². The molecule has 0 saturated heterocycles. The van der Waals surface area contributed by atoms with Crippen molar-refractivity contribution in [2.24, 2.45) is 12.1 Å². The Balaban J connectivity index is 2.08. The van der Waals surface area contributed by atoms with E-state index in [2.05, 4.69) is 15.6 Å². The van der Waals surface area contributed by atoms with Crippen LogP contribution >= 0.6 is 0 Å². The van der Waals surface area contributed by atoms with E-state index in [1.54, 1.807) is 24.9 Å². The molecule has 8 nitrogen and oxygen atoms in total. The summed E-state index contributed by atoms with van der Waals surface area (Å²) in [4.78, 5) is 22.2. The summed E-state index contributed by atoms with van der Waals surface area (Å²) in [6.45, 7) is 3.42. The molecule has 0 atom stereocenters. The Morgan fingerprint density at radius 3 is 2.73 bits per heavy atom. The Labute approximate surface area is 126 Å². The van der Waals surface area contributed by atoms with Crippen molar-refractivity contribution in [3.05, 3.63) is 56.9 Å². The Morgan fingerprint density at radius 1 is 1.45 bits per heavy atom. The second-order valence-corrected chi connectivity index (χ2v) is 4.80. The molecule has 114 valence electrons. The highest BCUT2D eigenvalue weighted by atomic mass is 16.6. The van der Waals surface area contributed by atoms with Crippen molar-refractivity contribution in [2.75, 3.05) is 0 Å². The van der Waals surface area contributed by atoms with Gasteiger partial charge in [0.2, 0.25) is 0 Å². The maximum Gasteiger partial charge on any atom is 0.272 e. The van der Waals surface area contributed by atoms with Crippen molar-refractivity contribution in [1.82, 2.24) is 15.2 Å². The number of nitro benzene ring substituents is 1. The summed E-state index contributed by atoms with van der Waals surface area (Å²) in [5.74, 6) is -0.434. The van der Waals surface area contributed by atoms with Crippen LogP contribution in [0.25, 0.3) is 0 Å². The highest BCUT2D eigenvalue weighted by molar-refractivity contribution is 5.95. The van der Waals surface area contributed by atoms with E-state index in [1.807, 2.05) is 6.92 Å². The van der Waals surface area contributed by atoms with Crippen LogP contribution in [0.3, 0.4) is 0 Å². The maximum atomic E-state index is 11.9. The molecule has 0 aliphatic carbocycles. The lowest BCUT2D eigenvalue weighted by molar-refractivity contribution is -0.385. The molecule has 1 aromatic carbocycles. The minimum atomic E-state index is -0.486. The summed E-state index contributed by atoms with van der Waals surface area (Å²) in [5, 5.41) is 18.8. The van der Waals surface area contributed by atoms with E-state index in [0.717, 1.165) is 11.3 Å². The second kappa shape index (κ2) is 6.17. The fourth-order valence-electron chi connectivity index (χ4n) is 1.97. The molecular weight excluding hydrogens is 286 g/mol. The summed E-state index contributed by atoms with van der Waals surface area (Å²) in [5.41, 5.74) is 4.68. The number of rotatable bonds is 4. The van der Waals surface area contributed by atoms with Crippen LogP contribution in [-0.2, 0) is 7.05 Å². The predicted octanol–water partition coefficient (Wildman–Crippen LogP) is 1.71. The molecule has 1 aromatic heterocycles. The Morgan fingerprint density at radius 2 is 2.18 bits per heavy atom. The summed E-state index contributed by atoms with van der Waals surface area (Å²) in [6.07, 6.45) is 3.28. The quantitative estimate of drug-likeness (QED) is 0.527. The van der Waals surface area contributed by atoms with Gasteiger partial charge in [0.1, 0.15) is 0 Å². The van der Waals surface area contributed by atoms with Gasteiger partial charge in [-0.25, -0.2) is 5.43 Å². The molecule has 0 saturated carbocycles. The summed E-state index contributed by atoms with van der Waals surface area (Å²) in [7, 11) is 1.79. The van der Waals surface area contributed by atoms with Gasteiger partial charge < -0.3 is 0 Å². The molecule has 8 heteroatoms. The molecule has 0 aliphatic heterocycles. The standard InChI is InChI=1S/C14H15N5O3/c1-9-6-11(4-5-13(9)19(21)22)14(20)16-15-7-12-8-18(3)17-10(12)2/h4-8H,1-3H3,(H,16,20)/b15-7+. The minimum absolute atomic E-state index is 0.0222. The van der Waals surface area contributed by atoms with Crippen LogP contribution in [0.15, 0.2) is 29.5 Å². The van der Waals surface area contributed by atoms with Gasteiger partial charge in [-0.15, -0.1) is 0 Å². The number of hydrogen-bond acceptors (Lipinski definition) is 5. The van der Waals surface area contributed by atoms with Crippen LogP contribution in [0.1, 0.15) is 27.2 Å². The molecule has 1 heterocycles. The monoisotopic (exact) mass is 301 g/mol. The van der Waals surface area contributed by atoms with Gasteiger partial charge in [0, 0.05) is 36.0 Å². The van der Waals surface area contributed by atoms with Crippen molar-refractivity contribution >= 4 is 17.8 Å². The number of nitro groups is 1. The van der Waals surface area contributed by atoms with Crippen molar-refractivity contribution in [3.8, 4) is 0 Å². The summed E-state index contributed by atoms with van der Waals surface area (Å²) >= 11 is 0. The second-order valence-electron chi connectivity index (χ2n) is 4.80. The third-order valence-corrected chi connectivity index (χ3v) is 3.08. The number of carbonyl (C=O) groups is 1. The van der Waals surface area contributed by atoms with Gasteiger partial charge >= 0.3 is 0 Å². The molecule has 0 fully saturated rings. The normalized spacial score (nSPS) is 10.9. The molecule has 0 radical (unpaired) electrons. The summed E-state index contributed by atoms with van der Waals surface area (Å²) < 4.78 is 1.65. The van der Waals surface area contributed by atoms with Gasteiger partial charge in [-0.05, 0) is 26.0 Å². The van der Waals surface area contributed by atoms with Crippen LogP contribution in [0.4, 0.5) is 5.69 Å². The maximum absolute atomic E-state index is 11.9. The van der Waals surface area contributed by atoms with E-state index < -0.39 is 10.8 Å². The zero-order valence-electron chi connectivity index (χ0n) is 12.4. The molecule has 2 aromatic rings. The SMILES string of the molecule is Cc1cc(C(=O)N/N=C/c2cn(C)nc2C)ccc1[N+](=O)[O-]. The third-order valence-electron chi connectivity index (χ3n) is 3.08. The zero-order valence-corrected chi connectivity index (χ0v) is 12.4. The number of carbonyl (C=O) groups excluding carboxylic acids is 1. The average Bonchev–Trinajstić information content (AvgIpc) is 2.76. The largest absolute Gasteiger partial charge is 0.275 e. The highest BCUT2D eigenvalue weighted by Crippen LogP contribution is 2.18. The fraction of sp³-hybridized carbons (Fsp3) is 0.214. The van der Waals surface area contributed by atoms with Crippen LogP contribution in [0, 0.1) is 24.0 Å². The highest BCUT2D eigenvalue weighted by Gasteiger charge is 2.13. The molecule has 0 unspecified atom stereocenters. The fourth-order valence-corrected chi connectivity index (χ4v) is 1.97. The van der Waals surface area contributed by atoms with Crippen molar-refractivity contribution in [3.63, 3.8) is 0 Å². The smallest absolute Gasteiger partial charge is 0.272 e. The van der Waals surface area contributed by atoms with Crippen LogP contribution in [0.5, 0.6) is 0 Å². The predicted molar refractivity (Wildman–Crippen MR) is 80.8 cm³/mol. The number of amides is 1. The van der Waals surface area contributed by atoms with Gasteiger partial charge in [0.05, 0.1) is 16.8 Å². The van der Waals surface area contributed by atoms with Crippen LogP contribution < -0.4 is 5.43 Å². The lowest BCUT2D eigenvalue weighted by atomic mass is 10.1. The molecule has 2 rings (SSSR count). The number of benzene rings is 1. The Hall–Kier alpha value is -3.03. The van der Waals surface area contributed by atoms with E-state index in [-0.39, 0.29) is 5.69 Å². The van der Waals surface area contributed by atoms with Gasteiger partial charge in [-0.3, -0.25) is 19.6 Å². The van der Waals surface area contributed by atoms with Crippen molar-refractivity contribution < 1.29 is 9.72 Å². The number of aromatic nitrogens is 2.